The van der Waals surface area contributed by atoms with E-state index in [0.29, 0.717) is 28.3 Å². The number of carbonyl (C=O) groups is 1. The molecule has 0 bridgehead atoms. The molecule has 2 aromatic carbocycles. The minimum atomic E-state index is -0.398. The van der Waals surface area contributed by atoms with Gasteiger partial charge >= 0.3 is 5.91 Å². The van der Waals surface area contributed by atoms with Crippen molar-refractivity contribution >= 4 is 27.5 Å². The highest BCUT2D eigenvalue weighted by Gasteiger charge is 2.35. The number of ether oxygens (including phenoxy) is 2. The Bertz CT molecular complexity index is 1110. The van der Waals surface area contributed by atoms with Crippen LogP contribution in [0.3, 0.4) is 0 Å². The third-order valence-corrected chi connectivity index (χ3v) is 5.30. The fourth-order valence-corrected chi connectivity index (χ4v) is 3.68. The number of nitrogens with zero attached hydrogens (tertiary/aromatic N) is 2. The van der Waals surface area contributed by atoms with Gasteiger partial charge in [0.25, 0.3) is 0 Å². The van der Waals surface area contributed by atoms with E-state index in [2.05, 4.69) is 21.0 Å². The van der Waals surface area contributed by atoms with Gasteiger partial charge in [-0.05, 0) is 64.0 Å². The number of furan rings is 1. The van der Waals surface area contributed by atoms with Gasteiger partial charge in [0, 0.05) is 12.0 Å². The van der Waals surface area contributed by atoms with E-state index in [9.17, 15) is 9.18 Å². The summed E-state index contributed by atoms with van der Waals surface area (Å²) in [6, 6.07) is 14.4. The number of rotatable bonds is 5. The van der Waals surface area contributed by atoms with Gasteiger partial charge in [0.1, 0.15) is 5.82 Å². The third kappa shape index (κ3) is 3.82. The summed E-state index contributed by atoms with van der Waals surface area (Å²) >= 11 is 3.21. The molecule has 0 saturated carbocycles. The van der Waals surface area contributed by atoms with E-state index in [0.717, 1.165) is 11.1 Å². The number of amides is 1. The minimum absolute atomic E-state index is 0.159. The van der Waals surface area contributed by atoms with Crippen molar-refractivity contribution in [2.24, 2.45) is 5.10 Å². The molecular formula is C22H18BrFN2O4. The maximum Gasteiger partial charge on any atom is 0.310 e. The number of methoxy groups -OCH3 is 2. The second-order valence-corrected chi connectivity index (χ2v) is 7.42. The molecule has 1 atom stereocenters. The first-order valence-electron chi connectivity index (χ1n) is 9.14. The Morgan fingerprint density at radius 1 is 1.10 bits per heavy atom. The van der Waals surface area contributed by atoms with Crippen molar-refractivity contribution in [3.05, 3.63) is 82.0 Å². The molecule has 0 radical (unpaired) electrons. The Balaban J connectivity index is 1.73. The summed E-state index contributed by atoms with van der Waals surface area (Å²) in [5.74, 6) is 0.599. The smallest absolute Gasteiger partial charge is 0.310 e. The van der Waals surface area contributed by atoms with Gasteiger partial charge in [-0.2, -0.15) is 5.10 Å². The summed E-state index contributed by atoms with van der Waals surface area (Å²) in [5.41, 5.74) is 2.27. The molecule has 6 nitrogen and oxygen atoms in total. The number of hydrogen-bond acceptors (Lipinski definition) is 5. The lowest BCUT2D eigenvalue weighted by Crippen LogP contribution is -2.26. The van der Waals surface area contributed by atoms with E-state index < -0.39 is 6.04 Å². The average molecular weight is 473 g/mol. The van der Waals surface area contributed by atoms with Crippen LogP contribution in [-0.2, 0) is 0 Å². The predicted octanol–water partition coefficient (Wildman–Crippen LogP) is 5.19. The third-order valence-electron chi connectivity index (χ3n) is 4.87. The normalized spacial score (nSPS) is 15.8. The van der Waals surface area contributed by atoms with Crippen LogP contribution in [0.4, 0.5) is 4.39 Å². The van der Waals surface area contributed by atoms with Crippen LogP contribution in [0.1, 0.15) is 34.1 Å². The molecule has 30 heavy (non-hydrogen) atoms. The van der Waals surface area contributed by atoms with Gasteiger partial charge in [-0.15, -0.1) is 0 Å². The SMILES string of the molecule is COc1ccc(C2=NN(C(=O)c3ccc(Br)o3)[C@@H](c3ccc(F)cc3)C2)cc1OC. The monoisotopic (exact) mass is 472 g/mol. The fraction of sp³-hybridized carbons (Fsp3) is 0.182. The Morgan fingerprint density at radius 3 is 2.47 bits per heavy atom. The van der Waals surface area contributed by atoms with Crippen molar-refractivity contribution in [2.75, 3.05) is 14.2 Å². The summed E-state index contributed by atoms with van der Waals surface area (Å²) in [6.45, 7) is 0. The topological polar surface area (TPSA) is 64.3 Å². The van der Waals surface area contributed by atoms with E-state index in [1.165, 1.54) is 17.1 Å². The van der Waals surface area contributed by atoms with Crippen LogP contribution >= 0.6 is 15.9 Å². The van der Waals surface area contributed by atoms with Gasteiger partial charge in [-0.25, -0.2) is 9.40 Å². The van der Waals surface area contributed by atoms with Crippen LogP contribution in [0.2, 0.25) is 0 Å². The van der Waals surface area contributed by atoms with E-state index in [-0.39, 0.29) is 17.5 Å². The van der Waals surface area contributed by atoms with Crippen LogP contribution in [0.25, 0.3) is 0 Å². The second-order valence-electron chi connectivity index (χ2n) is 6.64. The van der Waals surface area contributed by atoms with Gasteiger partial charge in [0.05, 0.1) is 26.0 Å². The molecular weight excluding hydrogens is 455 g/mol. The van der Waals surface area contributed by atoms with Crippen molar-refractivity contribution in [3.8, 4) is 11.5 Å². The lowest BCUT2D eigenvalue weighted by molar-refractivity contribution is 0.0677. The summed E-state index contributed by atoms with van der Waals surface area (Å²) in [5, 5.41) is 5.97. The van der Waals surface area contributed by atoms with Crippen molar-refractivity contribution in [1.82, 2.24) is 5.01 Å². The molecule has 1 aliphatic rings. The molecule has 154 valence electrons. The standard InChI is InChI=1S/C22H18BrFN2O4/c1-28-18-8-5-14(11-20(18)29-2)16-12-17(13-3-6-15(24)7-4-13)26(25-16)22(27)19-9-10-21(23)30-19/h3-11,17H,12H2,1-2H3/t17-/m1/s1. The molecule has 4 rings (SSSR count). The Labute approximate surface area is 181 Å². The first kappa shape index (κ1) is 20.2. The molecule has 1 aliphatic heterocycles. The zero-order valence-electron chi connectivity index (χ0n) is 16.3. The second kappa shape index (κ2) is 8.31. The number of hydrogen-bond donors (Lipinski definition) is 0. The summed E-state index contributed by atoms with van der Waals surface area (Å²) < 4.78 is 30.0. The Kier molecular flexibility index (Phi) is 5.59. The predicted molar refractivity (Wildman–Crippen MR) is 112 cm³/mol. The maximum atomic E-state index is 13.4. The summed E-state index contributed by atoms with van der Waals surface area (Å²) in [4.78, 5) is 13.1. The molecule has 1 aromatic heterocycles. The van der Waals surface area contributed by atoms with Crippen LogP contribution in [0, 0.1) is 5.82 Å². The van der Waals surface area contributed by atoms with Gasteiger partial charge in [0.15, 0.2) is 21.9 Å². The van der Waals surface area contributed by atoms with Crippen LogP contribution < -0.4 is 9.47 Å². The fourth-order valence-electron chi connectivity index (χ4n) is 3.37. The van der Waals surface area contributed by atoms with Crippen LogP contribution in [0.15, 0.2) is 68.8 Å². The van der Waals surface area contributed by atoms with Gasteiger partial charge in [-0.1, -0.05) is 12.1 Å². The number of benzene rings is 2. The quantitative estimate of drug-likeness (QED) is 0.512. The van der Waals surface area contributed by atoms with Gasteiger partial charge < -0.3 is 13.9 Å². The molecule has 0 unspecified atom stereocenters. The van der Waals surface area contributed by atoms with Gasteiger partial charge in [-0.3, -0.25) is 4.79 Å². The molecule has 0 fully saturated rings. The molecule has 0 N–H and O–H groups in total. The highest BCUT2D eigenvalue weighted by molar-refractivity contribution is 9.10. The molecule has 0 aliphatic carbocycles. The van der Waals surface area contributed by atoms with E-state index >= 15 is 0 Å². The van der Waals surface area contributed by atoms with E-state index in [1.54, 1.807) is 44.6 Å². The zero-order valence-corrected chi connectivity index (χ0v) is 17.8. The highest BCUT2D eigenvalue weighted by Crippen LogP contribution is 2.36. The summed E-state index contributed by atoms with van der Waals surface area (Å²) in [6.07, 6.45) is 0.453. The first-order valence-corrected chi connectivity index (χ1v) is 9.93. The van der Waals surface area contributed by atoms with Crippen molar-refractivity contribution < 1.29 is 23.1 Å². The average Bonchev–Trinajstić information content (AvgIpc) is 3.40. The first-order chi connectivity index (χ1) is 14.5. The molecule has 1 amide bonds. The molecule has 8 heteroatoms. The van der Waals surface area contributed by atoms with Crippen molar-refractivity contribution in [1.29, 1.82) is 0 Å². The number of halogens is 2. The molecule has 2 heterocycles. The Morgan fingerprint density at radius 2 is 1.83 bits per heavy atom. The maximum absolute atomic E-state index is 13.4. The zero-order chi connectivity index (χ0) is 21.3. The number of hydrazone groups is 1. The molecule has 0 saturated heterocycles. The summed E-state index contributed by atoms with van der Waals surface area (Å²) in [7, 11) is 3.13. The lowest BCUT2D eigenvalue weighted by Gasteiger charge is -2.21. The van der Waals surface area contributed by atoms with Gasteiger partial charge in [0.2, 0.25) is 0 Å². The van der Waals surface area contributed by atoms with E-state index in [1.807, 2.05) is 12.1 Å². The number of carbonyl (C=O) groups excluding carboxylic acids is 1. The lowest BCUT2D eigenvalue weighted by atomic mass is 9.98. The largest absolute Gasteiger partial charge is 0.493 e. The van der Waals surface area contributed by atoms with Crippen LogP contribution in [0.5, 0.6) is 11.5 Å². The Hall–Kier alpha value is -3.13. The molecule has 0 spiro atoms. The van der Waals surface area contributed by atoms with Crippen LogP contribution in [-0.4, -0.2) is 30.8 Å². The van der Waals surface area contributed by atoms with E-state index in [4.69, 9.17) is 13.9 Å². The minimum Gasteiger partial charge on any atom is -0.493 e. The molecule has 3 aromatic rings. The highest BCUT2D eigenvalue weighted by atomic mass is 79.9. The van der Waals surface area contributed by atoms with Crippen molar-refractivity contribution in [2.45, 2.75) is 12.5 Å². The van der Waals surface area contributed by atoms with Crippen molar-refractivity contribution in [3.63, 3.8) is 0 Å².